The number of amides is 1. The Morgan fingerprint density at radius 3 is 2.83 bits per heavy atom. The maximum Gasteiger partial charge on any atom is 0.348 e. The largest absolute Gasteiger partial charge is 0.348 e. The standard InChI is InChI=1S/C21H25N5O2S2/c1-25(2)11-12-26-16-9-5-3-7-14(16)19(24-21(26)28)29-13-18(27)23-20-22-15-8-4-6-10-17(15)30-20/h4,6,8,10H,3,5,7,9,11-13H2,1-2H3,(H,22,23,27). The minimum absolute atomic E-state index is 0.137. The number of carbonyl (C=O) groups is 1. The van der Waals surface area contributed by atoms with Gasteiger partial charge in [0.15, 0.2) is 5.13 Å². The Bertz CT molecular complexity index is 1090. The van der Waals surface area contributed by atoms with Gasteiger partial charge in [0, 0.05) is 24.3 Å². The average molecular weight is 444 g/mol. The first-order chi connectivity index (χ1) is 14.5. The molecule has 0 bridgehead atoms. The molecule has 0 unspecified atom stereocenters. The number of nitrogens with one attached hydrogen (secondary N) is 1. The van der Waals surface area contributed by atoms with Crippen LogP contribution in [-0.2, 0) is 24.2 Å². The van der Waals surface area contributed by atoms with Crippen LogP contribution < -0.4 is 11.0 Å². The van der Waals surface area contributed by atoms with Crippen LogP contribution in [0, 0.1) is 0 Å². The van der Waals surface area contributed by atoms with Gasteiger partial charge in [-0.1, -0.05) is 35.2 Å². The summed E-state index contributed by atoms with van der Waals surface area (Å²) >= 11 is 2.80. The molecule has 0 spiro atoms. The zero-order valence-electron chi connectivity index (χ0n) is 17.2. The van der Waals surface area contributed by atoms with Crippen molar-refractivity contribution in [1.29, 1.82) is 0 Å². The summed E-state index contributed by atoms with van der Waals surface area (Å²) in [6.07, 6.45) is 3.98. The van der Waals surface area contributed by atoms with Crippen LogP contribution in [0.4, 0.5) is 5.13 Å². The molecule has 4 rings (SSSR count). The monoisotopic (exact) mass is 443 g/mol. The molecule has 2 aromatic heterocycles. The lowest BCUT2D eigenvalue weighted by molar-refractivity contribution is -0.113. The van der Waals surface area contributed by atoms with Crippen LogP contribution in [0.2, 0.25) is 0 Å². The second kappa shape index (κ2) is 9.28. The van der Waals surface area contributed by atoms with Crippen molar-refractivity contribution in [3.63, 3.8) is 0 Å². The van der Waals surface area contributed by atoms with E-state index in [1.807, 2.05) is 42.9 Å². The highest BCUT2D eigenvalue weighted by atomic mass is 32.2. The number of likely N-dealkylation sites (N-methyl/N-ethyl adjacent to an activating group) is 1. The Morgan fingerprint density at radius 2 is 2.03 bits per heavy atom. The third-order valence-electron chi connectivity index (χ3n) is 5.10. The summed E-state index contributed by atoms with van der Waals surface area (Å²) in [5.74, 6) is 0.0680. The molecule has 7 nitrogen and oxygen atoms in total. The summed E-state index contributed by atoms with van der Waals surface area (Å²) in [5, 5.41) is 4.17. The molecule has 0 aliphatic heterocycles. The number of hydrogen-bond donors (Lipinski definition) is 1. The fourth-order valence-corrected chi connectivity index (χ4v) is 5.37. The maximum absolute atomic E-state index is 12.7. The number of anilines is 1. The van der Waals surface area contributed by atoms with E-state index in [1.165, 1.54) is 23.1 Å². The van der Waals surface area contributed by atoms with Gasteiger partial charge in [-0.3, -0.25) is 9.36 Å². The van der Waals surface area contributed by atoms with Crippen molar-refractivity contribution < 1.29 is 4.79 Å². The Kier molecular flexibility index (Phi) is 6.50. The van der Waals surface area contributed by atoms with Gasteiger partial charge in [0.2, 0.25) is 5.91 Å². The number of carbonyl (C=O) groups excluding carboxylic acids is 1. The van der Waals surface area contributed by atoms with Crippen LogP contribution in [0.5, 0.6) is 0 Å². The second-order valence-corrected chi connectivity index (χ2v) is 9.61. The van der Waals surface area contributed by atoms with Crippen LogP contribution >= 0.6 is 23.1 Å². The van der Waals surface area contributed by atoms with Crippen molar-refractivity contribution in [2.24, 2.45) is 0 Å². The summed E-state index contributed by atoms with van der Waals surface area (Å²) in [7, 11) is 4.00. The number of benzene rings is 1. The molecule has 30 heavy (non-hydrogen) atoms. The van der Waals surface area contributed by atoms with Crippen molar-refractivity contribution >= 4 is 44.4 Å². The van der Waals surface area contributed by atoms with Crippen molar-refractivity contribution in [3.05, 3.63) is 46.0 Å². The molecule has 1 N–H and O–H groups in total. The number of hydrogen-bond acceptors (Lipinski definition) is 7. The molecule has 1 aliphatic rings. The number of fused-ring (bicyclic) bond motifs is 2. The van der Waals surface area contributed by atoms with E-state index in [0.717, 1.165) is 53.7 Å². The van der Waals surface area contributed by atoms with E-state index >= 15 is 0 Å². The topological polar surface area (TPSA) is 80.1 Å². The van der Waals surface area contributed by atoms with Crippen LogP contribution in [0.1, 0.15) is 24.1 Å². The van der Waals surface area contributed by atoms with E-state index in [9.17, 15) is 9.59 Å². The summed E-state index contributed by atoms with van der Waals surface area (Å²) in [6, 6.07) is 7.80. The molecule has 158 valence electrons. The molecule has 3 aromatic rings. The maximum atomic E-state index is 12.7. The molecule has 0 atom stereocenters. The molecule has 2 heterocycles. The average Bonchev–Trinajstić information content (AvgIpc) is 3.13. The summed E-state index contributed by atoms with van der Waals surface area (Å²) in [6.45, 7) is 1.44. The summed E-state index contributed by atoms with van der Waals surface area (Å²) in [4.78, 5) is 36.0. The van der Waals surface area contributed by atoms with Gasteiger partial charge in [-0.25, -0.2) is 9.78 Å². The highest BCUT2D eigenvalue weighted by molar-refractivity contribution is 8.00. The van der Waals surface area contributed by atoms with E-state index in [2.05, 4.69) is 20.2 Å². The lowest BCUT2D eigenvalue weighted by atomic mass is 9.97. The van der Waals surface area contributed by atoms with Crippen molar-refractivity contribution in [2.45, 2.75) is 37.3 Å². The zero-order chi connectivity index (χ0) is 21.1. The highest BCUT2D eigenvalue weighted by Gasteiger charge is 2.21. The van der Waals surface area contributed by atoms with E-state index in [1.54, 1.807) is 0 Å². The predicted octanol–water partition coefficient (Wildman–Crippen LogP) is 3.02. The fraction of sp³-hybridized carbons (Fsp3) is 0.429. The van der Waals surface area contributed by atoms with E-state index in [4.69, 9.17) is 0 Å². The van der Waals surface area contributed by atoms with Gasteiger partial charge < -0.3 is 10.2 Å². The number of aromatic nitrogens is 3. The van der Waals surface area contributed by atoms with Crippen molar-refractivity contribution in [3.8, 4) is 0 Å². The van der Waals surface area contributed by atoms with Gasteiger partial charge in [0.25, 0.3) is 0 Å². The van der Waals surface area contributed by atoms with Crippen LogP contribution in [-0.4, -0.2) is 51.7 Å². The van der Waals surface area contributed by atoms with Gasteiger partial charge in [0.1, 0.15) is 5.03 Å². The SMILES string of the molecule is CN(C)CCn1c2c(c(SCC(=O)Nc3nc4ccccc4s3)nc1=O)CCCC2. The smallest absolute Gasteiger partial charge is 0.308 e. The number of thioether (sulfide) groups is 1. The molecule has 9 heteroatoms. The third kappa shape index (κ3) is 4.74. The molecule has 1 aromatic carbocycles. The first kappa shape index (κ1) is 21.0. The first-order valence-corrected chi connectivity index (χ1v) is 11.9. The molecule has 0 radical (unpaired) electrons. The van der Waals surface area contributed by atoms with Crippen molar-refractivity contribution in [2.75, 3.05) is 31.7 Å². The lowest BCUT2D eigenvalue weighted by Gasteiger charge is -2.23. The molecule has 0 fully saturated rings. The fourth-order valence-electron chi connectivity index (χ4n) is 3.61. The molecular formula is C21H25N5O2S2. The summed E-state index contributed by atoms with van der Waals surface area (Å²) < 4.78 is 2.86. The Labute approximate surface area is 183 Å². The quantitative estimate of drug-likeness (QED) is 0.447. The zero-order valence-corrected chi connectivity index (χ0v) is 18.8. The van der Waals surface area contributed by atoms with Gasteiger partial charge >= 0.3 is 5.69 Å². The van der Waals surface area contributed by atoms with Crippen LogP contribution in [0.15, 0.2) is 34.1 Å². The lowest BCUT2D eigenvalue weighted by Crippen LogP contribution is -2.33. The number of para-hydroxylation sites is 1. The predicted molar refractivity (Wildman–Crippen MR) is 123 cm³/mol. The molecule has 1 amide bonds. The molecule has 0 saturated carbocycles. The Balaban J connectivity index is 1.48. The Hall–Kier alpha value is -2.23. The van der Waals surface area contributed by atoms with Gasteiger partial charge in [-0.05, 0) is 51.9 Å². The Morgan fingerprint density at radius 1 is 1.23 bits per heavy atom. The normalized spacial score (nSPS) is 13.6. The van der Waals surface area contributed by atoms with Crippen LogP contribution in [0.25, 0.3) is 10.2 Å². The first-order valence-electron chi connectivity index (χ1n) is 10.1. The minimum atomic E-state index is -0.216. The summed E-state index contributed by atoms with van der Waals surface area (Å²) in [5.41, 5.74) is 2.89. The number of thiazole rings is 1. The second-order valence-electron chi connectivity index (χ2n) is 7.61. The van der Waals surface area contributed by atoms with Crippen LogP contribution in [0.3, 0.4) is 0 Å². The number of rotatable bonds is 7. The van der Waals surface area contributed by atoms with Gasteiger partial charge in [-0.2, -0.15) is 4.98 Å². The van der Waals surface area contributed by atoms with Gasteiger partial charge in [0.05, 0.1) is 16.0 Å². The van der Waals surface area contributed by atoms with E-state index < -0.39 is 0 Å². The van der Waals surface area contributed by atoms with E-state index in [0.29, 0.717) is 16.7 Å². The minimum Gasteiger partial charge on any atom is -0.308 e. The molecule has 1 aliphatic carbocycles. The van der Waals surface area contributed by atoms with Gasteiger partial charge in [-0.15, -0.1) is 0 Å². The molecular weight excluding hydrogens is 418 g/mol. The third-order valence-corrected chi connectivity index (χ3v) is 7.07. The van der Waals surface area contributed by atoms with Crippen molar-refractivity contribution in [1.82, 2.24) is 19.4 Å². The van der Waals surface area contributed by atoms with E-state index in [-0.39, 0.29) is 17.3 Å². The highest BCUT2D eigenvalue weighted by Crippen LogP contribution is 2.29. The number of nitrogens with zero attached hydrogens (tertiary/aromatic N) is 4. The molecule has 0 saturated heterocycles.